The average molecular weight is 362 g/mol. The SMILES string of the molecule is CCS(=O)(=O)C[C@]1(c2ccc(-c3ccccc3)cc2)OC[C@H](CO)O1. The van der Waals surface area contributed by atoms with E-state index in [1.54, 1.807) is 6.92 Å². The van der Waals surface area contributed by atoms with Crippen molar-refractivity contribution in [2.75, 3.05) is 24.7 Å². The van der Waals surface area contributed by atoms with Gasteiger partial charge in [0.25, 0.3) is 0 Å². The normalized spacial score (nSPS) is 23.7. The highest BCUT2D eigenvalue weighted by Gasteiger charge is 2.46. The van der Waals surface area contributed by atoms with Crippen LogP contribution < -0.4 is 0 Å². The monoisotopic (exact) mass is 362 g/mol. The molecule has 2 atom stereocenters. The van der Waals surface area contributed by atoms with E-state index in [1.165, 1.54) is 0 Å². The highest BCUT2D eigenvalue weighted by molar-refractivity contribution is 7.91. The lowest BCUT2D eigenvalue weighted by Crippen LogP contribution is -2.37. The molecule has 2 aromatic carbocycles. The minimum Gasteiger partial charge on any atom is -0.394 e. The van der Waals surface area contributed by atoms with E-state index >= 15 is 0 Å². The van der Waals surface area contributed by atoms with Crippen LogP contribution in [0.15, 0.2) is 54.6 Å². The predicted molar refractivity (Wildman–Crippen MR) is 95.8 cm³/mol. The molecule has 0 bridgehead atoms. The van der Waals surface area contributed by atoms with Gasteiger partial charge in [-0.1, -0.05) is 61.5 Å². The molecule has 0 unspecified atom stereocenters. The van der Waals surface area contributed by atoms with Gasteiger partial charge in [-0.3, -0.25) is 0 Å². The predicted octanol–water partition coefficient (Wildman–Crippen LogP) is 2.35. The van der Waals surface area contributed by atoms with Crippen molar-refractivity contribution >= 4 is 9.84 Å². The number of hydrogen-bond donors (Lipinski definition) is 1. The van der Waals surface area contributed by atoms with Crippen LogP contribution in [0.3, 0.4) is 0 Å². The molecule has 2 aromatic rings. The van der Waals surface area contributed by atoms with Crippen LogP contribution in [-0.2, 0) is 25.1 Å². The summed E-state index contributed by atoms with van der Waals surface area (Å²) in [5.74, 6) is -1.62. The second-order valence-electron chi connectivity index (χ2n) is 6.11. The second-order valence-corrected chi connectivity index (χ2v) is 8.46. The van der Waals surface area contributed by atoms with Crippen molar-refractivity contribution < 1.29 is 23.0 Å². The molecule has 0 amide bonds. The molecular weight excluding hydrogens is 340 g/mol. The van der Waals surface area contributed by atoms with Gasteiger partial charge in [0.2, 0.25) is 5.79 Å². The van der Waals surface area contributed by atoms with Crippen LogP contribution in [0.5, 0.6) is 0 Å². The van der Waals surface area contributed by atoms with Gasteiger partial charge in [-0.15, -0.1) is 0 Å². The first-order valence-electron chi connectivity index (χ1n) is 8.27. The standard InChI is InChI=1S/C19H22O5S/c1-2-25(21,22)14-19(23-13-18(12-20)24-19)17-10-8-16(9-11-17)15-6-4-3-5-7-15/h3-11,18,20H,2,12-14H2,1H3/t18-,19-/m0/s1. The van der Waals surface area contributed by atoms with Crippen LogP contribution in [0.4, 0.5) is 0 Å². The van der Waals surface area contributed by atoms with E-state index in [0.29, 0.717) is 5.56 Å². The molecule has 6 heteroatoms. The van der Waals surface area contributed by atoms with Gasteiger partial charge in [-0.2, -0.15) is 0 Å². The number of rotatable bonds is 6. The van der Waals surface area contributed by atoms with Gasteiger partial charge in [-0.05, 0) is 11.1 Å². The highest BCUT2D eigenvalue weighted by Crippen LogP contribution is 2.36. The van der Waals surface area contributed by atoms with Gasteiger partial charge in [0.1, 0.15) is 11.9 Å². The Balaban J connectivity index is 1.94. The maximum absolute atomic E-state index is 12.2. The molecule has 1 saturated heterocycles. The van der Waals surface area contributed by atoms with Crippen molar-refractivity contribution in [2.45, 2.75) is 18.8 Å². The Hall–Kier alpha value is -1.73. The molecule has 1 fully saturated rings. The fourth-order valence-corrected chi connectivity index (χ4v) is 4.01. The summed E-state index contributed by atoms with van der Waals surface area (Å²) >= 11 is 0. The Morgan fingerprint density at radius 2 is 1.72 bits per heavy atom. The molecule has 1 heterocycles. The van der Waals surface area contributed by atoms with E-state index in [1.807, 2.05) is 54.6 Å². The van der Waals surface area contributed by atoms with Gasteiger partial charge in [0.05, 0.1) is 13.2 Å². The summed E-state index contributed by atoms with van der Waals surface area (Å²) in [6, 6.07) is 17.4. The molecule has 134 valence electrons. The zero-order valence-corrected chi connectivity index (χ0v) is 14.9. The number of aliphatic hydroxyl groups excluding tert-OH is 1. The molecule has 0 radical (unpaired) electrons. The summed E-state index contributed by atoms with van der Waals surface area (Å²) in [4.78, 5) is 0. The molecule has 25 heavy (non-hydrogen) atoms. The zero-order valence-electron chi connectivity index (χ0n) is 14.1. The number of ether oxygens (including phenoxy) is 2. The topological polar surface area (TPSA) is 72.8 Å². The Labute approximate surface area is 148 Å². The van der Waals surface area contributed by atoms with Crippen LogP contribution in [-0.4, -0.2) is 44.3 Å². The molecule has 0 aromatic heterocycles. The quantitative estimate of drug-likeness (QED) is 0.854. The van der Waals surface area contributed by atoms with E-state index in [9.17, 15) is 13.5 Å². The first kappa shape index (κ1) is 18.1. The first-order chi connectivity index (χ1) is 12.0. The average Bonchev–Trinajstić information content (AvgIpc) is 3.06. The van der Waals surface area contributed by atoms with Crippen LogP contribution in [0.2, 0.25) is 0 Å². The summed E-state index contributed by atoms with van der Waals surface area (Å²) in [6.45, 7) is 1.55. The van der Waals surface area contributed by atoms with Crippen molar-refractivity contribution in [2.24, 2.45) is 0 Å². The van der Waals surface area contributed by atoms with E-state index in [-0.39, 0.29) is 24.7 Å². The Morgan fingerprint density at radius 3 is 2.28 bits per heavy atom. The number of aliphatic hydroxyl groups is 1. The maximum atomic E-state index is 12.2. The van der Waals surface area contributed by atoms with Crippen LogP contribution in [0.1, 0.15) is 12.5 Å². The highest BCUT2D eigenvalue weighted by atomic mass is 32.2. The molecule has 3 rings (SSSR count). The Kier molecular flexibility index (Phi) is 5.24. The third-order valence-corrected chi connectivity index (χ3v) is 6.04. The van der Waals surface area contributed by atoms with Crippen LogP contribution in [0.25, 0.3) is 11.1 Å². The molecular formula is C19H22O5S. The number of sulfone groups is 1. The summed E-state index contributed by atoms with van der Waals surface area (Å²) < 4.78 is 36.0. The fraction of sp³-hybridized carbons (Fsp3) is 0.368. The second kappa shape index (κ2) is 7.25. The van der Waals surface area contributed by atoms with Gasteiger partial charge in [0.15, 0.2) is 9.84 Å². The lowest BCUT2D eigenvalue weighted by molar-refractivity contribution is -0.162. The van der Waals surface area contributed by atoms with Crippen molar-refractivity contribution in [3.05, 3.63) is 60.2 Å². The molecule has 1 aliphatic heterocycles. The molecule has 0 saturated carbocycles. The van der Waals surface area contributed by atoms with Gasteiger partial charge >= 0.3 is 0 Å². The molecule has 0 spiro atoms. The molecule has 1 aliphatic rings. The third kappa shape index (κ3) is 3.93. The zero-order chi connectivity index (χ0) is 17.9. The maximum Gasteiger partial charge on any atom is 0.209 e. The van der Waals surface area contributed by atoms with E-state index in [0.717, 1.165) is 11.1 Å². The van der Waals surface area contributed by atoms with Crippen LogP contribution in [0, 0.1) is 0 Å². The lowest BCUT2D eigenvalue weighted by atomic mass is 10.0. The smallest absolute Gasteiger partial charge is 0.209 e. The third-order valence-electron chi connectivity index (χ3n) is 4.34. The Morgan fingerprint density at radius 1 is 1.08 bits per heavy atom. The van der Waals surface area contributed by atoms with E-state index in [2.05, 4.69) is 0 Å². The number of hydrogen-bond acceptors (Lipinski definition) is 5. The van der Waals surface area contributed by atoms with Crippen LogP contribution >= 0.6 is 0 Å². The summed E-state index contributed by atoms with van der Waals surface area (Å²) in [5, 5.41) is 9.34. The molecule has 1 N–H and O–H groups in total. The minimum atomic E-state index is -3.34. The van der Waals surface area contributed by atoms with Gasteiger partial charge < -0.3 is 14.6 Å². The first-order valence-corrected chi connectivity index (χ1v) is 10.1. The largest absolute Gasteiger partial charge is 0.394 e. The summed E-state index contributed by atoms with van der Waals surface area (Å²) in [7, 11) is -3.34. The van der Waals surface area contributed by atoms with Crippen molar-refractivity contribution in [1.82, 2.24) is 0 Å². The van der Waals surface area contributed by atoms with Gasteiger partial charge in [-0.25, -0.2) is 8.42 Å². The molecule has 0 aliphatic carbocycles. The summed E-state index contributed by atoms with van der Waals surface area (Å²) in [6.07, 6.45) is -0.527. The van der Waals surface area contributed by atoms with E-state index < -0.39 is 21.7 Å². The number of benzene rings is 2. The van der Waals surface area contributed by atoms with Crippen molar-refractivity contribution in [1.29, 1.82) is 0 Å². The molecule has 5 nitrogen and oxygen atoms in total. The van der Waals surface area contributed by atoms with Crippen molar-refractivity contribution in [3.8, 4) is 11.1 Å². The Bertz CT molecular complexity index is 801. The fourth-order valence-electron chi connectivity index (χ4n) is 2.90. The minimum absolute atomic E-state index is 0.00730. The lowest BCUT2D eigenvalue weighted by Gasteiger charge is -2.28. The van der Waals surface area contributed by atoms with Gasteiger partial charge in [0, 0.05) is 11.3 Å². The van der Waals surface area contributed by atoms with Crippen molar-refractivity contribution in [3.63, 3.8) is 0 Å². The summed E-state index contributed by atoms with van der Waals surface area (Å²) in [5.41, 5.74) is 2.74. The van der Waals surface area contributed by atoms with E-state index in [4.69, 9.17) is 9.47 Å².